The molecule has 1 fully saturated rings. The first kappa shape index (κ1) is 14.1. The second-order valence-corrected chi connectivity index (χ2v) is 5.55. The monoisotopic (exact) mass is 285 g/mol. The minimum absolute atomic E-state index is 0.259. The summed E-state index contributed by atoms with van der Waals surface area (Å²) in [5.74, 6) is 1.02. The third-order valence-electron chi connectivity index (χ3n) is 3.67. The lowest BCUT2D eigenvalue weighted by molar-refractivity contribution is 0.475. The highest BCUT2D eigenvalue weighted by molar-refractivity contribution is 5.35. The number of hydrogen-bond acceptors (Lipinski definition) is 2. The molecule has 110 valence electrons. The van der Waals surface area contributed by atoms with Crippen molar-refractivity contribution in [3.8, 4) is 11.5 Å². The third-order valence-corrected chi connectivity index (χ3v) is 3.67. The summed E-state index contributed by atoms with van der Waals surface area (Å²) >= 11 is 0. The van der Waals surface area contributed by atoms with E-state index in [0.29, 0.717) is 18.3 Å². The summed E-state index contributed by atoms with van der Waals surface area (Å²) in [5.41, 5.74) is 2.18. The van der Waals surface area contributed by atoms with Crippen LogP contribution in [0.1, 0.15) is 30.9 Å². The van der Waals surface area contributed by atoms with Gasteiger partial charge in [0.2, 0.25) is 0 Å². The molecule has 0 amide bonds. The van der Waals surface area contributed by atoms with Gasteiger partial charge in [-0.15, -0.1) is 0 Å². The van der Waals surface area contributed by atoms with Crippen molar-refractivity contribution in [3.05, 3.63) is 59.4 Å². The second kappa shape index (κ2) is 6.27. The molecule has 2 aromatic rings. The normalized spacial score (nSPS) is 14.2. The summed E-state index contributed by atoms with van der Waals surface area (Å²) in [5, 5.41) is 3.38. The number of hydrogen-bond donors (Lipinski definition) is 1. The minimum Gasteiger partial charge on any atom is -0.457 e. The first-order valence-electron chi connectivity index (χ1n) is 7.52. The Morgan fingerprint density at radius 1 is 1.05 bits per heavy atom. The summed E-state index contributed by atoms with van der Waals surface area (Å²) in [4.78, 5) is 0. The van der Waals surface area contributed by atoms with E-state index in [2.05, 4.69) is 12.2 Å². The number of benzene rings is 2. The Kier molecular flexibility index (Phi) is 4.20. The van der Waals surface area contributed by atoms with Crippen molar-refractivity contribution in [2.75, 3.05) is 0 Å². The molecule has 0 aromatic heterocycles. The standard InChI is InChI=1S/C18H20FNO/c1-2-13-3-7-17(8-4-13)21-18-10-14(9-15(19)11-18)12-20-16-5-6-16/h3-4,7-11,16,20H,2,5-6,12H2,1H3. The molecule has 3 heteroatoms. The maximum Gasteiger partial charge on any atom is 0.130 e. The molecule has 0 bridgehead atoms. The number of rotatable bonds is 6. The van der Waals surface area contributed by atoms with Gasteiger partial charge in [0.1, 0.15) is 17.3 Å². The smallest absolute Gasteiger partial charge is 0.130 e. The second-order valence-electron chi connectivity index (χ2n) is 5.55. The Bertz CT molecular complexity index is 605. The molecule has 1 saturated carbocycles. The van der Waals surface area contributed by atoms with Crippen molar-refractivity contribution in [1.82, 2.24) is 5.32 Å². The molecule has 0 radical (unpaired) electrons. The lowest BCUT2D eigenvalue weighted by Gasteiger charge is -2.09. The van der Waals surface area contributed by atoms with Crippen LogP contribution in [0, 0.1) is 5.82 Å². The predicted octanol–water partition coefficient (Wildman–Crippen LogP) is 4.43. The Balaban J connectivity index is 1.70. The van der Waals surface area contributed by atoms with Crippen molar-refractivity contribution < 1.29 is 9.13 Å². The van der Waals surface area contributed by atoms with Gasteiger partial charge in [-0.05, 0) is 54.7 Å². The molecule has 21 heavy (non-hydrogen) atoms. The van der Waals surface area contributed by atoms with Crippen molar-refractivity contribution >= 4 is 0 Å². The zero-order valence-corrected chi connectivity index (χ0v) is 12.2. The van der Waals surface area contributed by atoms with Crippen LogP contribution in [-0.2, 0) is 13.0 Å². The largest absolute Gasteiger partial charge is 0.457 e. The van der Waals surface area contributed by atoms with Crippen LogP contribution in [0.25, 0.3) is 0 Å². The van der Waals surface area contributed by atoms with Gasteiger partial charge in [-0.1, -0.05) is 19.1 Å². The molecule has 2 nitrogen and oxygen atoms in total. The zero-order chi connectivity index (χ0) is 14.7. The van der Waals surface area contributed by atoms with Crippen LogP contribution in [0.3, 0.4) is 0 Å². The van der Waals surface area contributed by atoms with Gasteiger partial charge >= 0.3 is 0 Å². The predicted molar refractivity (Wildman–Crippen MR) is 82.2 cm³/mol. The summed E-state index contributed by atoms with van der Waals surface area (Å²) < 4.78 is 19.4. The van der Waals surface area contributed by atoms with Gasteiger partial charge in [-0.2, -0.15) is 0 Å². The van der Waals surface area contributed by atoms with Crippen LogP contribution in [0.5, 0.6) is 11.5 Å². The highest BCUT2D eigenvalue weighted by atomic mass is 19.1. The summed E-state index contributed by atoms with van der Waals surface area (Å²) in [6.45, 7) is 2.80. The minimum atomic E-state index is -0.259. The maximum atomic E-state index is 13.7. The summed E-state index contributed by atoms with van der Waals surface area (Å²) in [6, 6.07) is 13.4. The highest BCUT2D eigenvalue weighted by Crippen LogP contribution is 2.25. The van der Waals surface area contributed by atoms with Gasteiger partial charge in [0, 0.05) is 18.7 Å². The Morgan fingerprint density at radius 3 is 2.48 bits per heavy atom. The number of halogens is 1. The van der Waals surface area contributed by atoms with Crippen LogP contribution in [0.2, 0.25) is 0 Å². The van der Waals surface area contributed by atoms with Crippen LogP contribution >= 0.6 is 0 Å². The third kappa shape index (κ3) is 4.05. The lowest BCUT2D eigenvalue weighted by Crippen LogP contribution is -2.15. The molecule has 0 atom stereocenters. The van der Waals surface area contributed by atoms with Crippen LogP contribution in [0.15, 0.2) is 42.5 Å². The quantitative estimate of drug-likeness (QED) is 0.847. The first-order valence-corrected chi connectivity index (χ1v) is 7.52. The first-order chi connectivity index (χ1) is 10.2. The molecule has 0 unspecified atom stereocenters. The molecule has 0 saturated heterocycles. The molecular formula is C18H20FNO. The van der Waals surface area contributed by atoms with Crippen LogP contribution in [-0.4, -0.2) is 6.04 Å². The average molecular weight is 285 g/mol. The van der Waals surface area contributed by atoms with E-state index in [1.807, 2.05) is 30.3 Å². The molecule has 0 spiro atoms. The van der Waals surface area contributed by atoms with E-state index in [1.54, 1.807) is 6.07 Å². The van der Waals surface area contributed by atoms with E-state index >= 15 is 0 Å². The van der Waals surface area contributed by atoms with Crippen molar-refractivity contribution in [2.45, 2.75) is 38.8 Å². The summed E-state index contributed by atoms with van der Waals surface area (Å²) in [6.07, 6.45) is 3.45. The molecule has 1 aliphatic rings. The van der Waals surface area contributed by atoms with E-state index in [4.69, 9.17) is 4.74 Å². The van der Waals surface area contributed by atoms with Gasteiger partial charge < -0.3 is 10.1 Å². The van der Waals surface area contributed by atoms with E-state index in [-0.39, 0.29) is 5.82 Å². The SMILES string of the molecule is CCc1ccc(Oc2cc(F)cc(CNC3CC3)c2)cc1. The molecule has 1 N–H and O–H groups in total. The fraction of sp³-hybridized carbons (Fsp3) is 0.333. The average Bonchev–Trinajstić information content (AvgIpc) is 3.30. The Morgan fingerprint density at radius 2 is 1.81 bits per heavy atom. The van der Waals surface area contributed by atoms with Gasteiger partial charge in [0.15, 0.2) is 0 Å². The van der Waals surface area contributed by atoms with E-state index in [0.717, 1.165) is 17.7 Å². The molecule has 3 rings (SSSR count). The Hall–Kier alpha value is -1.87. The molecule has 0 heterocycles. The Labute approximate surface area is 125 Å². The molecule has 1 aliphatic carbocycles. The van der Waals surface area contributed by atoms with Gasteiger partial charge in [0.05, 0.1) is 0 Å². The van der Waals surface area contributed by atoms with Crippen molar-refractivity contribution in [2.24, 2.45) is 0 Å². The van der Waals surface area contributed by atoms with Crippen molar-refractivity contribution in [1.29, 1.82) is 0 Å². The molecule has 0 aliphatic heterocycles. The molecular weight excluding hydrogens is 265 g/mol. The number of aryl methyl sites for hydroxylation is 1. The van der Waals surface area contributed by atoms with Gasteiger partial charge in [0.25, 0.3) is 0 Å². The number of nitrogens with one attached hydrogen (secondary N) is 1. The van der Waals surface area contributed by atoms with Gasteiger partial charge in [-0.3, -0.25) is 0 Å². The summed E-state index contributed by atoms with van der Waals surface area (Å²) in [7, 11) is 0. The van der Waals surface area contributed by atoms with Crippen LogP contribution < -0.4 is 10.1 Å². The number of ether oxygens (including phenoxy) is 1. The fourth-order valence-electron chi connectivity index (χ4n) is 2.26. The highest BCUT2D eigenvalue weighted by Gasteiger charge is 2.20. The van der Waals surface area contributed by atoms with Gasteiger partial charge in [-0.25, -0.2) is 4.39 Å². The molecule has 2 aromatic carbocycles. The fourth-order valence-corrected chi connectivity index (χ4v) is 2.26. The van der Waals surface area contributed by atoms with E-state index in [1.165, 1.54) is 24.5 Å². The van der Waals surface area contributed by atoms with E-state index in [9.17, 15) is 4.39 Å². The lowest BCUT2D eigenvalue weighted by atomic mass is 10.1. The maximum absolute atomic E-state index is 13.7. The van der Waals surface area contributed by atoms with Crippen LogP contribution in [0.4, 0.5) is 4.39 Å². The van der Waals surface area contributed by atoms with Crippen molar-refractivity contribution in [3.63, 3.8) is 0 Å². The topological polar surface area (TPSA) is 21.3 Å². The zero-order valence-electron chi connectivity index (χ0n) is 12.2. The van der Waals surface area contributed by atoms with E-state index < -0.39 is 0 Å².